The van der Waals surface area contributed by atoms with Crippen LogP contribution >= 0.6 is 0 Å². The summed E-state index contributed by atoms with van der Waals surface area (Å²) < 4.78 is 22.7. The summed E-state index contributed by atoms with van der Waals surface area (Å²) >= 11 is 0. The lowest BCUT2D eigenvalue weighted by molar-refractivity contribution is -0.210. The average Bonchev–Trinajstić information content (AvgIpc) is 3.30. The summed E-state index contributed by atoms with van der Waals surface area (Å²) in [5.74, 6) is -0.0617. The Labute approximate surface area is 239 Å². The second kappa shape index (κ2) is 10.4. The van der Waals surface area contributed by atoms with Gasteiger partial charge in [-0.2, -0.15) is 0 Å². The van der Waals surface area contributed by atoms with Crippen molar-refractivity contribution in [2.24, 2.45) is 0 Å². The molecule has 2 amide bonds. The van der Waals surface area contributed by atoms with Crippen LogP contribution in [-0.4, -0.2) is 89.6 Å². The van der Waals surface area contributed by atoms with Crippen LogP contribution in [0.25, 0.3) is 22.2 Å². The fourth-order valence-electron chi connectivity index (χ4n) is 5.93. The van der Waals surface area contributed by atoms with Gasteiger partial charge in [-0.3, -0.25) is 9.69 Å². The van der Waals surface area contributed by atoms with Crippen molar-refractivity contribution >= 4 is 23.0 Å². The van der Waals surface area contributed by atoms with Crippen molar-refractivity contribution in [3.8, 4) is 11.1 Å². The molecule has 3 aromatic rings. The average molecular weight is 563 g/mol. The van der Waals surface area contributed by atoms with Crippen molar-refractivity contribution in [3.63, 3.8) is 0 Å². The zero-order valence-corrected chi connectivity index (χ0v) is 24.4. The number of aryl methyl sites for hydroxylation is 1. The number of nitrogens with one attached hydrogen (secondary N) is 1. The second-order valence-electron chi connectivity index (χ2n) is 12.2. The number of nitrogens with zero attached hydrogens (tertiary/aromatic N) is 3. The van der Waals surface area contributed by atoms with Crippen LogP contribution in [0.2, 0.25) is 0 Å². The lowest BCUT2D eigenvalue weighted by atomic mass is 9.86. The molecular formula is C31H38N4O6. The molecule has 0 bridgehead atoms. The number of carbonyl (C=O) groups excluding carboxylic acids is 2. The molecule has 2 aromatic heterocycles. The second-order valence-corrected chi connectivity index (χ2v) is 12.2. The lowest BCUT2D eigenvalue weighted by Gasteiger charge is -2.44. The minimum Gasteiger partial charge on any atom is -0.444 e. The number of H-pyrrole nitrogens is 1. The van der Waals surface area contributed by atoms with E-state index in [4.69, 9.17) is 18.9 Å². The van der Waals surface area contributed by atoms with Gasteiger partial charge in [0.15, 0.2) is 5.60 Å². The number of hydrogen-bond donors (Lipinski definition) is 1. The summed E-state index contributed by atoms with van der Waals surface area (Å²) in [5, 5.41) is 1.07. The van der Waals surface area contributed by atoms with Crippen LogP contribution in [-0.2, 0) is 36.7 Å². The van der Waals surface area contributed by atoms with E-state index >= 15 is 0 Å². The normalized spacial score (nSPS) is 20.5. The zero-order chi connectivity index (χ0) is 28.9. The fraction of sp³-hybridized carbons (Fsp3) is 0.516. The summed E-state index contributed by atoms with van der Waals surface area (Å²) in [6.45, 7) is 10.4. The molecule has 1 aromatic carbocycles. The Balaban J connectivity index is 1.43. The molecule has 2 saturated heterocycles. The summed E-state index contributed by atoms with van der Waals surface area (Å²) in [5.41, 5.74) is 5.59. The Morgan fingerprint density at radius 2 is 1.93 bits per heavy atom. The highest BCUT2D eigenvalue weighted by Gasteiger charge is 2.49. The molecule has 0 saturated carbocycles. The molecule has 1 N–H and O–H groups in total. The molecule has 10 nitrogen and oxygen atoms in total. The van der Waals surface area contributed by atoms with Crippen LogP contribution in [0.5, 0.6) is 0 Å². The van der Waals surface area contributed by atoms with E-state index in [0.29, 0.717) is 39.3 Å². The first-order valence-corrected chi connectivity index (χ1v) is 14.2. The smallest absolute Gasteiger partial charge is 0.410 e. The number of amides is 2. The third-order valence-corrected chi connectivity index (χ3v) is 8.30. The Morgan fingerprint density at radius 3 is 2.63 bits per heavy atom. The fourth-order valence-corrected chi connectivity index (χ4v) is 5.93. The lowest BCUT2D eigenvalue weighted by Crippen LogP contribution is -2.62. The maximum Gasteiger partial charge on any atom is 0.410 e. The van der Waals surface area contributed by atoms with Crippen molar-refractivity contribution in [2.75, 3.05) is 46.6 Å². The SMILES string of the molecule is COC1(C(=O)N2CCc3cc(-c4cnc5[nH]cc(C)c5c4)cc([C@@H]4COCCN4C(=O)OC(C)(C)C)c3C2)COC1. The highest BCUT2D eigenvalue weighted by atomic mass is 16.6. The standard InChI is InChI=1S/C31H38N4O6/c1-19-13-32-27-23(19)12-22(14-33-27)21-10-20-6-7-34(28(36)31(38-5)17-40-18-31)15-25(20)24(11-21)26-16-39-9-8-35(26)29(37)41-30(2,3)4/h10-14,26H,6-9,15-18H2,1-5H3,(H,32,33)/t26-/m0/s1. The van der Waals surface area contributed by atoms with Crippen molar-refractivity contribution in [1.29, 1.82) is 0 Å². The van der Waals surface area contributed by atoms with Crippen molar-refractivity contribution < 1.29 is 28.5 Å². The van der Waals surface area contributed by atoms with Crippen LogP contribution in [0, 0.1) is 6.92 Å². The van der Waals surface area contributed by atoms with Gasteiger partial charge in [0, 0.05) is 50.1 Å². The van der Waals surface area contributed by atoms with E-state index in [2.05, 4.69) is 35.1 Å². The van der Waals surface area contributed by atoms with Crippen LogP contribution in [0.15, 0.2) is 30.6 Å². The Morgan fingerprint density at radius 1 is 1.12 bits per heavy atom. The third kappa shape index (κ3) is 5.09. The number of carbonyl (C=O) groups is 2. The zero-order valence-electron chi connectivity index (χ0n) is 24.4. The number of pyridine rings is 1. The highest BCUT2D eigenvalue weighted by Crippen LogP contribution is 2.38. The molecule has 0 radical (unpaired) electrons. The highest BCUT2D eigenvalue weighted by molar-refractivity contribution is 5.87. The number of aromatic nitrogens is 2. The van der Waals surface area contributed by atoms with E-state index < -0.39 is 11.2 Å². The molecule has 41 heavy (non-hydrogen) atoms. The van der Waals surface area contributed by atoms with Crippen LogP contribution in [0.1, 0.15) is 49.1 Å². The first kappa shape index (κ1) is 27.7. The molecular weight excluding hydrogens is 524 g/mol. The molecule has 1 atom stereocenters. The first-order chi connectivity index (χ1) is 19.6. The van der Waals surface area contributed by atoms with E-state index in [9.17, 15) is 9.59 Å². The van der Waals surface area contributed by atoms with E-state index in [1.54, 1.807) is 12.0 Å². The third-order valence-electron chi connectivity index (χ3n) is 8.30. The minimum absolute atomic E-state index is 0.0617. The number of fused-ring (bicyclic) bond motifs is 2. The largest absolute Gasteiger partial charge is 0.444 e. The number of ether oxygens (including phenoxy) is 4. The Hall–Kier alpha value is -3.47. The Bertz CT molecular complexity index is 1480. The number of aromatic amines is 1. The van der Waals surface area contributed by atoms with Gasteiger partial charge in [0.1, 0.15) is 11.2 Å². The minimum atomic E-state index is -0.927. The van der Waals surface area contributed by atoms with Gasteiger partial charge in [0.25, 0.3) is 5.91 Å². The summed E-state index contributed by atoms with van der Waals surface area (Å²) in [4.78, 5) is 38.5. The van der Waals surface area contributed by atoms with E-state index in [1.165, 1.54) is 0 Å². The van der Waals surface area contributed by atoms with E-state index in [-0.39, 0.29) is 31.3 Å². The molecule has 0 aliphatic carbocycles. The van der Waals surface area contributed by atoms with Gasteiger partial charge in [0.2, 0.25) is 0 Å². The van der Waals surface area contributed by atoms with Gasteiger partial charge >= 0.3 is 6.09 Å². The first-order valence-electron chi connectivity index (χ1n) is 14.2. The number of methoxy groups -OCH3 is 1. The Kier molecular flexibility index (Phi) is 7.04. The van der Waals surface area contributed by atoms with Gasteiger partial charge in [0.05, 0.1) is 32.5 Å². The van der Waals surface area contributed by atoms with E-state index in [0.717, 1.165) is 44.4 Å². The van der Waals surface area contributed by atoms with Crippen molar-refractivity contribution in [3.05, 3.63) is 52.8 Å². The van der Waals surface area contributed by atoms with Crippen molar-refractivity contribution in [2.45, 2.75) is 57.9 Å². The monoisotopic (exact) mass is 562 g/mol. The summed E-state index contributed by atoms with van der Waals surface area (Å²) in [7, 11) is 1.56. The van der Waals surface area contributed by atoms with Gasteiger partial charge in [-0.1, -0.05) is 6.07 Å². The molecule has 3 aliphatic rings. The van der Waals surface area contributed by atoms with Crippen LogP contribution in [0.3, 0.4) is 0 Å². The number of rotatable bonds is 4. The molecule has 6 rings (SSSR count). The summed E-state index contributed by atoms with van der Waals surface area (Å²) in [6.07, 6.45) is 4.15. The van der Waals surface area contributed by atoms with Gasteiger partial charge in [-0.05, 0) is 74.1 Å². The predicted molar refractivity (Wildman–Crippen MR) is 152 cm³/mol. The molecule has 218 valence electrons. The molecule has 5 heterocycles. The van der Waals surface area contributed by atoms with Gasteiger partial charge < -0.3 is 28.8 Å². The quantitative estimate of drug-likeness (QED) is 0.509. The number of hydrogen-bond acceptors (Lipinski definition) is 7. The van der Waals surface area contributed by atoms with Crippen LogP contribution in [0.4, 0.5) is 4.79 Å². The topological polar surface area (TPSA) is 106 Å². The summed E-state index contributed by atoms with van der Waals surface area (Å²) in [6, 6.07) is 6.12. The number of benzene rings is 1. The molecule has 2 fully saturated rings. The van der Waals surface area contributed by atoms with Gasteiger partial charge in [-0.25, -0.2) is 9.78 Å². The molecule has 3 aliphatic heterocycles. The van der Waals surface area contributed by atoms with Crippen LogP contribution < -0.4 is 0 Å². The predicted octanol–water partition coefficient (Wildman–Crippen LogP) is 4.15. The maximum absolute atomic E-state index is 13.6. The van der Waals surface area contributed by atoms with Crippen molar-refractivity contribution in [1.82, 2.24) is 19.8 Å². The van der Waals surface area contributed by atoms with E-state index in [1.807, 2.05) is 38.1 Å². The molecule has 0 unspecified atom stereocenters. The number of morpholine rings is 1. The van der Waals surface area contributed by atoms with Gasteiger partial charge in [-0.15, -0.1) is 0 Å². The molecule has 10 heteroatoms. The maximum atomic E-state index is 13.6. The molecule has 0 spiro atoms.